The highest BCUT2D eigenvalue weighted by Gasteiger charge is 2.38. The molecule has 0 unspecified atom stereocenters. The summed E-state index contributed by atoms with van der Waals surface area (Å²) in [6, 6.07) is 18.2. The van der Waals surface area contributed by atoms with E-state index >= 15 is 0 Å². The normalized spacial score (nSPS) is 18.3. The first-order valence-corrected chi connectivity index (χ1v) is 9.00. The molecule has 2 aliphatic rings. The molecule has 0 bridgehead atoms. The van der Waals surface area contributed by atoms with Crippen LogP contribution >= 0.6 is 0 Å². The molecule has 128 valence electrons. The van der Waals surface area contributed by atoms with Gasteiger partial charge in [0, 0.05) is 5.41 Å². The number of hydrogen-bond donors (Lipinski definition) is 1. The van der Waals surface area contributed by atoms with Crippen molar-refractivity contribution >= 4 is 11.5 Å². The van der Waals surface area contributed by atoms with E-state index in [-0.39, 0.29) is 11.4 Å². The number of allylic oxidation sites excluding steroid dienone is 1. The Balaban J connectivity index is 1.57. The number of nitrogens with one attached hydrogen (secondary N) is 1. The van der Waals surface area contributed by atoms with Crippen LogP contribution in [0.1, 0.15) is 36.0 Å². The van der Waals surface area contributed by atoms with Crippen molar-refractivity contribution in [2.45, 2.75) is 31.3 Å². The Bertz CT molecular complexity index is 789. The molecule has 1 fully saturated rings. The molecule has 3 nitrogen and oxygen atoms in total. The fourth-order valence-corrected chi connectivity index (χ4v) is 4.07. The predicted octanol–water partition coefficient (Wildman–Crippen LogP) is 3.84. The van der Waals surface area contributed by atoms with Crippen molar-refractivity contribution in [1.82, 2.24) is 5.32 Å². The van der Waals surface area contributed by atoms with Crippen molar-refractivity contribution in [3.63, 3.8) is 0 Å². The van der Waals surface area contributed by atoms with Crippen LogP contribution < -0.4 is 5.32 Å². The summed E-state index contributed by atoms with van der Waals surface area (Å²) in [7, 11) is 0. The van der Waals surface area contributed by atoms with Crippen molar-refractivity contribution < 1.29 is 9.53 Å². The van der Waals surface area contributed by atoms with Gasteiger partial charge in [-0.25, -0.2) is 4.79 Å². The quantitative estimate of drug-likeness (QED) is 0.868. The van der Waals surface area contributed by atoms with Crippen LogP contribution in [0.4, 0.5) is 0 Å². The number of ether oxygens (including phenoxy) is 1. The fraction of sp³-hybridized carbons (Fsp3) is 0.318. The molecule has 0 saturated carbocycles. The van der Waals surface area contributed by atoms with Crippen molar-refractivity contribution in [3.05, 3.63) is 77.4 Å². The molecule has 1 saturated heterocycles. The van der Waals surface area contributed by atoms with Gasteiger partial charge < -0.3 is 10.1 Å². The van der Waals surface area contributed by atoms with Crippen molar-refractivity contribution in [2.75, 3.05) is 13.1 Å². The molecular formula is C22H23NO2. The third-order valence-corrected chi connectivity index (χ3v) is 5.48. The zero-order valence-corrected chi connectivity index (χ0v) is 14.3. The van der Waals surface area contributed by atoms with Crippen LogP contribution in [0.5, 0.6) is 0 Å². The Morgan fingerprint density at radius 1 is 1.00 bits per heavy atom. The standard InChI is InChI=1S/C22H23NO2/c24-21(25-16-17-6-2-1-3-7-17)19-10-11-22(12-14-23-15-13-22)20-9-5-4-8-18(19)20/h1-10,23H,11-16H2. The average Bonchev–Trinajstić information content (AvgIpc) is 2.68. The second-order valence-electron chi connectivity index (χ2n) is 6.96. The number of esters is 1. The number of carbonyl (C=O) groups is 1. The SMILES string of the molecule is O=C(OCc1ccccc1)C1=CCC2(CCNCC2)c2ccccc21. The fourth-order valence-electron chi connectivity index (χ4n) is 4.07. The molecule has 1 N–H and O–H groups in total. The topological polar surface area (TPSA) is 38.3 Å². The Morgan fingerprint density at radius 3 is 2.52 bits per heavy atom. The molecule has 25 heavy (non-hydrogen) atoms. The van der Waals surface area contributed by atoms with Gasteiger partial charge in [-0.05, 0) is 49.0 Å². The Morgan fingerprint density at radius 2 is 1.72 bits per heavy atom. The molecule has 1 aliphatic carbocycles. The Kier molecular flexibility index (Phi) is 4.41. The zero-order chi connectivity index (χ0) is 17.1. The van der Waals surface area contributed by atoms with Gasteiger partial charge in [0.15, 0.2) is 0 Å². The van der Waals surface area contributed by atoms with Crippen LogP contribution in [0.3, 0.4) is 0 Å². The smallest absolute Gasteiger partial charge is 0.338 e. The third kappa shape index (κ3) is 3.12. The molecule has 0 atom stereocenters. The molecule has 0 radical (unpaired) electrons. The minimum absolute atomic E-state index is 0.172. The van der Waals surface area contributed by atoms with E-state index in [1.165, 1.54) is 5.56 Å². The predicted molar refractivity (Wildman–Crippen MR) is 99.1 cm³/mol. The molecule has 4 rings (SSSR count). The second-order valence-corrected chi connectivity index (χ2v) is 6.96. The van der Waals surface area contributed by atoms with E-state index in [2.05, 4.69) is 29.6 Å². The van der Waals surface area contributed by atoms with Crippen LogP contribution in [-0.2, 0) is 21.6 Å². The summed E-state index contributed by atoms with van der Waals surface area (Å²) in [6.07, 6.45) is 5.25. The van der Waals surface area contributed by atoms with Crippen molar-refractivity contribution in [2.24, 2.45) is 0 Å². The van der Waals surface area contributed by atoms with Gasteiger partial charge in [-0.2, -0.15) is 0 Å². The summed E-state index contributed by atoms with van der Waals surface area (Å²) in [6.45, 7) is 2.39. The molecule has 1 aliphatic heterocycles. The highest BCUT2D eigenvalue weighted by atomic mass is 16.5. The molecule has 0 aromatic heterocycles. The van der Waals surface area contributed by atoms with Crippen LogP contribution in [0.25, 0.3) is 5.57 Å². The van der Waals surface area contributed by atoms with Crippen LogP contribution in [0.2, 0.25) is 0 Å². The number of rotatable bonds is 3. The van der Waals surface area contributed by atoms with E-state index in [0.717, 1.165) is 49.1 Å². The van der Waals surface area contributed by atoms with Crippen LogP contribution in [0, 0.1) is 0 Å². The van der Waals surface area contributed by atoms with Gasteiger partial charge in [0.1, 0.15) is 6.61 Å². The largest absolute Gasteiger partial charge is 0.457 e. The van der Waals surface area contributed by atoms with Gasteiger partial charge in [-0.1, -0.05) is 60.7 Å². The monoisotopic (exact) mass is 333 g/mol. The molecule has 1 heterocycles. The van der Waals surface area contributed by atoms with Gasteiger partial charge in [-0.3, -0.25) is 0 Å². The summed E-state index contributed by atoms with van der Waals surface area (Å²) in [5, 5.41) is 3.45. The van der Waals surface area contributed by atoms with Crippen LogP contribution in [-0.4, -0.2) is 19.1 Å². The lowest BCUT2D eigenvalue weighted by atomic mass is 9.66. The number of piperidine rings is 1. The van der Waals surface area contributed by atoms with E-state index in [1.807, 2.05) is 36.4 Å². The second kappa shape index (κ2) is 6.85. The molecule has 3 heteroatoms. The summed E-state index contributed by atoms with van der Waals surface area (Å²) in [5.41, 5.74) is 4.26. The average molecular weight is 333 g/mol. The van der Waals surface area contributed by atoms with E-state index in [0.29, 0.717) is 6.61 Å². The lowest BCUT2D eigenvalue weighted by Crippen LogP contribution is -2.41. The molecule has 0 amide bonds. The number of carbonyl (C=O) groups excluding carboxylic acids is 1. The number of hydrogen-bond acceptors (Lipinski definition) is 3. The summed E-state index contributed by atoms with van der Waals surface area (Å²) >= 11 is 0. The molecule has 2 aromatic rings. The summed E-state index contributed by atoms with van der Waals surface area (Å²) < 4.78 is 5.58. The van der Waals surface area contributed by atoms with Gasteiger partial charge >= 0.3 is 5.97 Å². The van der Waals surface area contributed by atoms with Gasteiger partial charge in [0.25, 0.3) is 0 Å². The Hall–Kier alpha value is -2.39. The first kappa shape index (κ1) is 16.1. The lowest BCUT2D eigenvalue weighted by Gasteiger charge is -2.41. The number of benzene rings is 2. The van der Waals surface area contributed by atoms with Gasteiger partial charge in [0.05, 0.1) is 5.57 Å². The van der Waals surface area contributed by atoms with Gasteiger partial charge in [0.2, 0.25) is 0 Å². The van der Waals surface area contributed by atoms with E-state index in [1.54, 1.807) is 0 Å². The minimum atomic E-state index is -0.222. The maximum absolute atomic E-state index is 12.7. The summed E-state index contributed by atoms with van der Waals surface area (Å²) in [4.78, 5) is 12.7. The molecule has 2 aromatic carbocycles. The maximum Gasteiger partial charge on any atom is 0.338 e. The Labute approximate surface area is 148 Å². The first-order chi connectivity index (χ1) is 12.3. The first-order valence-electron chi connectivity index (χ1n) is 9.00. The number of fused-ring (bicyclic) bond motifs is 2. The van der Waals surface area contributed by atoms with Gasteiger partial charge in [-0.15, -0.1) is 0 Å². The maximum atomic E-state index is 12.7. The van der Waals surface area contributed by atoms with E-state index < -0.39 is 0 Å². The zero-order valence-electron chi connectivity index (χ0n) is 14.3. The van der Waals surface area contributed by atoms with E-state index in [9.17, 15) is 4.79 Å². The van der Waals surface area contributed by atoms with E-state index in [4.69, 9.17) is 4.74 Å². The lowest BCUT2D eigenvalue weighted by molar-refractivity contribution is -0.137. The highest BCUT2D eigenvalue weighted by Crippen LogP contribution is 2.45. The van der Waals surface area contributed by atoms with Crippen LogP contribution in [0.15, 0.2) is 60.7 Å². The third-order valence-electron chi connectivity index (χ3n) is 5.48. The highest BCUT2D eigenvalue weighted by molar-refractivity contribution is 6.17. The summed E-state index contributed by atoms with van der Waals surface area (Å²) in [5.74, 6) is -0.222. The van der Waals surface area contributed by atoms with Crippen molar-refractivity contribution in [3.8, 4) is 0 Å². The minimum Gasteiger partial charge on any atom is -0.457 e. The van der Waals surface area contributed by atoms with Crippen molar-refractivity contribution in [1.29, 1.82) is 0 Å². The molecular weight excluding hydrogens is 310 g/mol. The molecule has 1 spiro atoms.